The lowest BCUT2D eigenvalue weighted by Gasteiger charge is -2.12. The minimum atomic E-state index is -0.465. The zero-order valence-corrected chi connectivity index (χ0v) is 10.8. The highest BCUT2D eigenvalue weighted by molar-refractivity contribution is 7.10. The van der Waals surface area contributed by atoms with Crippen molar-refractivity contribution in [2.45, 2.75) is 19.5 Å². The molecule has 0 unspecified atom stereocenters. The zero-order chi connectivity index (χ0) is 13.0. The van der Waals surface area contributed by atoms with E-state index in [1.54, 1.807) is 23.5 Å². The van der Waals surface area contributed by atoms with Crippen LogP contribution in [-0.2, 0) is 6.54 Å². The van der Waals surface area contributed by atoms with Crippen molar-refractivity contribution in [3.05, 3.63) is 57.5 Å². The maximum Gasteiger partial charge on any atom is 0.140 e. The minimum Gasteiger partial charge on any atom is -0.305 e. The van der Waals surface area contributed by atoms with Crippen LogP contribution >= 0.6 is 11.3 Å². The van der Waals surface area contributed by atoms with Crippen molar-refractivity contribution in [1.29, 1.82) is 5.26 Å². The molecule has 1 atom stereocenters. The SMILES string of the molecule is C[C@@H](NCc1ccc(F)c(C#N)c1)c1cccs1. The largest absolute Gasteiger partial charge is 0.305 e. The van der Waals surface area contributed by atoms with Gasteiger partial charge in [0.05, 0.1) is 5.56 Å². The van der Waals surface area contributed by atoms with Gasteiger partial charge in [-0.05, 0) is 36.1 Å². The fourth-order valence-corrected chi connectivity index (χ4v) is 2.44. The van der Waals surface area contributed by atoms with E-state index in [4.69, 9.17) is 5.26 Å². The Morgan fingerprint density at radius 1 is 1.44 bits per heavy atom. The Kier molecular flexibility index (Phi) is 4.08. The Balaban J connectivity index is 2.01. The number of thiophene rings is 1. The average molecular weight is 260 g/mol. The summed E-state index contributed by atoms with van der Waals surface area (Å²) in [4.78, 5) is 1.26. The van der Waals surface area contributed by atoms with Crippen LogP contribution in [0, 0.1) is 17.1 Å². The summed E-state index contributed by atoms with van der Waals surface area (Å²) in [7, 11) is 0. The van der Waals surface area contributed by atoms with Crippen molar-refractivity contribution in [1.82, 2.24) is 5.32 Å². The highest BCUT2D eigenvalue weighted by atomic mass is 32.1. The van der Waals surface area contributed by atoms with Crippen LogP contribution in [0.2, 0.25) is 0 Å². The van der Waals surface area contributed by atoms with Gasteiger partial charge in [0.2, 0.25) is 0 Å². The molecule has 18 heavy (non-hydrogen) atoms. The molecule has 1 N–H and O–H groups in total. The molecule has 92 valence electrons. The molecule has 0 saturated heterocycles. The third kappa shape index (κ3) is 2.95. The number of hydrogen-bond donors (Lipinski definition) is 1. The van der Waals surface area contributed by atoms with E-state index in [0.717, 1.165) is 5.56 Å². The summed E-state index contributed by atoms with van der Waals surface area (Å²) < 4.78 is 13.2. The Morgan fingerprint density at radius 2 is 2.28 bits per heavy atom. The monoisotopic (exact) mass is 260 g/mol. The summed E-state index contributed by atoms with van der Waals surface area (Å²) in [6.07, 6.45) is 0. The van der Waals surface area contributed by atoms with E-state index in [2.05, 4.69) is 18.3 Å². The summed E-state index contributed by atoms with van der Waals surface area (Å²) in [5.74, 6) is -0.465. The Morgan fingerprint density at radius 3 is 2.94 bits per heavy atom. The third-order valence-electron chi connectivity index (χ3n) is 2.73. The quantitative estimate of drug-likeness (QED) is 0.911. The van der Waals surface area contributed by atoms with Crippen LogP contribution in [0.5, 0.6) is 0 Å². The topological polar surface area (TPSA) is 35.8 Å². The van der Waals surface area contributed by atoms with Crippen LogP contribution in [0.3, 0.4) is 0 Å². The van der Waals surface area contributed by atoms with Crippen LogP contribution in [0.25, 0.3) is 0 Å². The molecule has 0 spiro atoms. The first-order valence-corrected chi connectivity index (χ1v) is 6.54. The van der Waals surface area contributed by atoms with E-state index in [1.165, 1.54) is 10.9 Å². The molecular formula is C14H13FN2S. The van der Waals surface area contributed by atoms with E-state index in [1.807, 2.05) is 17.5 Å². The standard InChI is InChI=1S/C14H13FN2S/c1-10(14-3-2-6-18-14)17-9-11-4-5-13(15)12(7-11)8-16/h2-7,10,17H,9H2,1H3/t10-/m1/s1. The van der Waals surface area contributed by atoms with Crippen LogP contribution in [0.15, 0.2) is 35.7 Å². The number of halogens is 1. The molecule has 2 rings (SSSR count). The van der Waals surface area contributed by atoms with Gasteiger partial charge in [0.15, 0.2) is 0 Å². The van der Waals surface area contributed by atoms with Gasteiger partial charge >= 0.3 is 0 Å². The van der Waals surface area contributed by atoms with E-state index in [9.17, 15) is 4.39 Å². The van der Waals surface area contributed by atoms with Gasteiger partial charge in [-0.1, -0.05) is 12.1 Å². The maximum atomic E-state index is 13.2. The first-order chi connectivity index (χ1) is 8.70. The van der Waals surface area contributed by atoms with Crippen molar-refractivity contribution in [3.8, 4) is 6.07 Å². The van der Waals surface area contributed by atoms with Crippen LogP contribution < -0.4 is 5.32 Å². The molecule has 2 aromatic rings. The minimum absolute atomic E-state index is 0.0954. The van der Waals surface area contributed by atoms with Gasteiger partial charge in [0, 0.05) is 17.5 Å². The number of nitrogens with zero attached hydrogens (tertiary/aromatic N) is 1. The molecule has 0 amide bonds. The smallest absolute Gasteiger partial charge is 0.140 e. The predicted octanol–water partition coefficient (Wildman–Crippen LogP) is 3.61. The summed E-state index contributed by atoms with van der Waals surface area (Å²) in [5.41, 5.74) is 1.01. The van der Waals surface area contributed by atoms with E-state index < -0.39 is 5.82 Å². The summed E-state index contributed by atoms with van der Waals surface area (Å²) in [6, 6.07) is 10.8. The second-order valence-corrected chi connectivity index (χ2v) is 5.02. The molecule has 0 aliphatic heterocycles. The molecule has 2 nitrogen and oxygen atoms in total. The molecule has 1 aromatic carbocycles. The van der Waals surface area contributed by atoms with Crippen molar-refractivity contribution < 1.29 is 4.39 Å². The molecule has 4 heteroatoms. The summed E-state index contributed by atoms with van der Waals surface area (Å²) in [6.45, 7) is 2.70. The van der Waals surface area contributed by atoms with Gasteiger partial charge in [-0.2, -0.15) is 5.26 Å². The first-order valence-electron chi connectivity index (χ1n) is 5.66. The third-order valence-corrected chi connectivity index (χ3v) is 3.79. The summed E-state index contributed by atoms with van der Waals surface area (Å²) >= 11 is 1.70. The molecule has 1 aromatic heterocycles. The summed E-state index contributed by atoms with van der Waals surface area (Å²) in [5, 5.41) is 14.2. The van der Waals surface area contributed by atoms with Crippen molar-refractivity contribution in [2.75, 3.05) is 0 Å². The van der Waals surface area contributed by atoms with Gasteiger partial charge in [-0.3, -0.25) is 0 Å². The van der Waals surface area contributed by atoms with Crippen molar-refractivity contribution >= 4 is 11.3 Å². The number of rotatable bonds is 4. The molecule has 0 saturated carbocycles. The van der Waals surface area contributed by atoms with Gasteiger partial charge < -0.3 is 5.32 Å². The molecule has 0 aliphatic carbocycles. The van der Waals surface area contributed by atoms with Crippen LogP contribution in [-0.4, -0.2) is 0 Å². The van der Waals surface area contributed by atoms with Gasteiger partial charge in [-0.15, -0.1) is 11.3 Å². The van der Waals surface area contributed by atoms with E-state index in [0.29, 0.717) is 6.54 Å². The molecular weight excluding hydrogens is 247 g/mol. The second kappa shape index (κ2) is 5.76. The predicted molar refractivity (Wildman–Crippen MR) is 70.7 cm³/mol. The Hall–Kier alpha value is -1.70. The fraction of sp³-hybridized carbons (Fsp3) is 0.214. The van der Waals surface area contributed by atoms with Crippen molar-refractivity contribution in [2.24, 2.45) is 0 Å². The molecule has 0 fully saturated rings. The lowest BCUT2D eigenvalue weighted by molar-refractivity contribution is 0.580. The molecule has 1 heterocycles. The number of nitriles is 1. The maximum absolute atomic E-state index is 13.2. The van der Waals surface area contributed by atoms with Gasteiger partial charge in [-0.25, -0.2) is 4.39 Å². The highest BCUT2D eigenvalue weighted by Crippen LogP contribution is 2.19. The van der Waals surface area contributed by atoms with E-state index >= 15 is 0 Å². The molecule has 0 aliphatic rings. The van der Waals surface area contributed by atoms with Crippen LogP contribution in [0.1, 0.15) is 29.0 Å². The Labute approximate surface area is 110 Å². The lowest BCUT2D eigenvalue weighted by Crippen LogP contribution is -2.17. The number of nitrogens with one attached hydrogen (secondary N) is 1. The zero-order valence-electron chi connectivity index (χ0n) is 9.98. The highest BCUT2D eigenvalue weighted by Gasteiger charge is 2.07. The lowest BCUT2D eigenvalue weighted by atomic mass is 10.1. The molecule has 0 bridgehead atoms. The van der Waals surface area contributed by atoms with Crippen molar-refractivity contribution in [3.63, 3.8) is 0 Å². The Bertz CT molecular complexity index is 558. The normalized spacial score (nSPS) is 12.1. The number of benzene rings is 1. The van der Waals surface area contributed by atoms with E-state index in [-0.39, 0.29) is 11.6 Å². The van der Waals surface area contributed by atoms with Crippen LogP contribution in [0.4, 0.5) is 4.39 Å². The second-order valence-electron chi connectivity index (χ2n) is 4.04. The average Bonchev–Trinajstić information content (AvgIpc) is 2.91. The number of hydrogen-bond acceptors (Lipinski definition) is 3. The fourth-order valence-electron chi connectivity index (χ4n) is 1.68. The first kappa shape index (κ1) is 12.7. The van der Waals surface area contributed by atoms with Gasteiger partial charge in [0.1, 0.15) is 11.9 Å². The van der Waals surface area contributed by atoms with Gasteiger partial charge in [0.25, 0.3) is 0 Å². The molecule has 0 radical (unpaired) electrons.